The van der Waals surface area contributed by atoms with Crippen molar-refractivity contribution in [3.8, 4) is 22.5 Å². The molecular formula is C36H29ClF7N9O3S. The fourth-order valence-corrected chi connectivity index (χ4v) is 8.46. The van der Waals surface area contributed by atoms with Crippen LogP contribution in [0.5, 0.6) is 0 Å². The number of aromatic nitrogens is 7. The predicted molar refractivity (Wildman–Crippen MR) is 193 cm³/mol. The van der Waals surface area contributed by atoms with Gasteiger partial charge in [0.15, 0.2) is 11.5 Å². The zero-order valence-electron chi connectivity index (χ0n) is 29.8. The SMILES string of the molecule is Cn1nccc1-c1ccc(-c2ccc(Cl)c3c(NS(C)(=O)=O)nn(C)c23)c([C@H](Cc2cc(F)cc(F)c2)NC(=O)Cn2nc(C(F)(F)F)c3c2C(F)(F)C2C[C@H]32)n1. The second-order valence-corrected chi connectivity index (χ2v) is 16.2. The van der Waals surface area contributed by atoms with Gasteiger partial charge in [-0.1, -0.05) is 23.7 Å². The number of carbonyl (C=O) groups excluding carboxylic acids is 1. The summed E-state index contributed by atoms with van der Waals surface area (Å²) in [6, 6.07) is 9.29. The Balaban J connectivity index is 1.29. The summed E-state index contributed by atoms with van der Waals surface area (Å²) in [5.41, 5.74) is -1.25. The van der Waals surface area contributed by atoms with Crippen molar-refractivity contribution in [3.05, 3.63) is 99.6 Å². The summed E-state index contributed by atoms with van der Waals surface area (Å²) in [6.45, 7) is -1.06. The van der Waals surface area contributed by atoms with Gasteiger partial charge < -0.3 is 5.32 Å². The van der Waals surface area contributed by atoms with E-state index in [2.05, 4.69) is 25.3 Å². The lowest BCUT2D eigenvalue weighted by atomic mass is 9.93. The second kappa shape index (κ2) is 13.3. The lowest BCUT2D eigenvalue weighted by Crippen LogP contribution is -2.35. The summed E-state index contributed by atoms with van der Waals surface area (Å²) in [4.78, 5) is 18.8. The van der Waals surface area contributed by atoms with Crippen molar-refractivity contribution in [2.24, 2.45) is 20.0 Å². The number of aryl methyl sites for hydroxylation is 2. The van der Waals surface area contributed by atoms with Gasteiger partial charge in [-0.05, 0) is 54.7 Å². The van der Waals surface area contributed by atoms with Crippen LogP contribution in [0, 0.1) is 17.6 Å². The summed E-state index contributed by atoms with van der Waals surface area (Å²) in [6.07, 6.45) is -3.14. The van der Waals surface area contributed by atoms with E-state index >= 15 is 8.78 Å². The molecule has 12 nitrogen and oxygen atoms in total. The molecule has 1 unspecified atom stereocenters. The number of hydrogen-bond donors (Lipinski definition) is 2. The van der Waals surface area contributed by atoms with Crippen LogP contribution in [-0.2, 0) is 54.0 Å². The minimum atomic E-state index is -5.07. The van der Waals surface area contributed by atoms with Gasteiger partial charge >= 0.3 is 6.18 Å². The number of fused-ring (bicyclic) bond motifs is 4. The first kappa shape index (κ1) is 38.4. The predicted octanol–water partition coefficient (Wildman–Crippen LogP) is 6.86. The minimum absolute atomic E-state index is 0.0314. The van der Waals surface area contributed by atoms with Crippen LogP contribution in [0.2, 0.25) is 5.02 Å². The number of anilines is 1. The van der Waals surface area contributed by atoms with Crippen LogP contribution in [-0.4, -0.2) is 54.9 Å². The van der Waals surface area contributed by atoms with Gasteiger partial charge in [-0.2, -0.15) is 37.2 Å². The van der Waals surface area contributed by atoms with Gasteiger partial charge in [-0.25, -0.2) is 22.2 Å². The molecule has 1 fully saturated rings. The van der Waals surface area contributed by atoms with Crippen LogP contribution in [0.25, 0.3) is 33.4 Å². The van der Waals surface area contributed by atoms with Gasteiger partial charge in [-0.3, -0.25) is 23.6 Å². The number of nitrogens with zero attached hydrogens (tertiary/aromatic N) is 7. The summed E-state index contributed by atoms with van der Waals surface area (Å²) in [5, 5.41) is 15.0. The third-order valence-electron chi connectivity index (χ3n) is 10.0. The van der Waals surface area contributed by atoms with E-state index in [4.69, 9.17) is 16.6 Å². The van der Waals surface area contributed by atoms with Crippen molar-refractivity contribution >= 4 is 44.3 Å². The van der Waals surface area contributed by atoms with Crippen LogP contribution in [0.1, 0.15) is 46.6 Å². The van der Waals surface area contributed by atoms with Crippen LogP contribution >= 0.6 is 11.6 Å². The molecule has 57 heavy (non-hydrogen) atoms. The number of pyridine rings is 1. The van der Waals surface area contributed by atoms with Crippen LogP contribution in [0.3, 0.4) is 0 Å². The molecule has 1 saturated carbocycles. The van der Waals surface area contributed by atoms with Gasteiger partial charge in [0.2, 0.25) is 15.9 Å². The molecule has 1 amide bonds. The van der Waals surface area contributed by atoms with E-state index in [1.165, 1.54) is 28.7 Å². The first-order valence-electron chi connectivity index (χ1n) is 17.1. The molecule has 0 saturated heterocycles. The largest absolute Gasteiger partial charge is 0.435 e. The Bertz CT molecular complexity index is 2730. The van der Waals surface area contributed by atoms with E-state index in [0.717, 1.165) is 18.4 Å². The van der Waals surface area contributed by atoms with E-state index in [1.807, 2.05) is 0 Å². The Morgan fingerprint density at radius 3 is 2.37 bits per heavy atom. The smallest absolute Gasteiger partial charge is 0.346 e. The molecular weight excluding hydrogens is 807 g/mol. The number of halogens is 8. The Morgan fingerprint density at radius 2 is 1.72 bits per heavy atom. The highest BCUT2D eigenvalue weighted by atomic mass is 35.5. The van der Waals surface area contributed by atoms with Crippen molar-refractivity contribution in [1.82, 2.24) is 39.6 Å². The highest BCUT2D eigenvalue weighted by Crippen LogP contribution is 2.68. The third kappa shape index (κ3) is 6.87. The number of sulfonamides is 1. The number of carbonyl (C=O) groups is 1. The zero-order chi connectivity index (χ0) is 40.9. The maximum Gasteiger partial charge on any atom is 0.435 e. The molecule has 0 spiro atoms. The standard InChI is InChI=1S/C36H29ClF7N9O3S/c1-51-26(8-9-45-51)24-7-5-19(20-4-6-23(37)29-31(20)52(2)49-34(29)50-57(3,55)56)30(47-24)25(12-16-10-17(38)13-18(39)11-16)46-27(54)15-53-33-28(32(48-53)36(42,43)44)21-14-22(21)35(33,40)41/h4-11,13,21-22,25H,12,14-15H2,1-3H3,(H,46,54)(H,49,50)/t21-,22?,25-/m0/s1. The monoisotopic (exact) mass is 835 g/mol. The van der Waals surface area contributed by atoms with Gasteiger partial charge in [0.25, 0.3) is 5.92 Å². The molecule has 6 aromatic rings. The molecule has 2 N–H and O–H groups in total. The number of nitrogens with one attached hydrogen (secondary N) is 2. The molecule has 4 aromatic heterocycles. The summed E-state index contributed by atoms with van der Waals surface area (Å²) in [7, 11) is -0.665. The van der Waals surface area contributed by atoms with Gasteiger partial charge in [0.1, 0.15) is 23.9 Å². The number of rotatable bonds is 10. The first-order chi connectivity index (χ1) is 26.7. The average molecular weight is 836 g/mol. The minimum Gasteiger partial charge on any atom is -0.346 e. The molecule has 8 rings (SSSR count). The fraction of sp³-hybridized carbons (Fsp3) is 0.306. The van der Waals surface area contributed by atoms with Crippen molar-refractivity contribution < 1.29 is 43.9 Å². The van der Waals surface area contributed by atoms with E-state index in [0.29, 0.717) is 33.2 Å². The van der Waals surface area contributed by atoms with Gasteiger partial charge in [0.05, 0.1) is 45.3 Å². The van der Waals surface area contributed by atoms with E-state index < -0.39 is 81.0 Å². The van der Waals surface area contributed by atoms with E-state index in [1.54, 1.807) is 31.3 Å². The summed E-state index contributed by atoms with van der Waals surface area (Å²) >= 11 is 6.59. The Hall–Kier alpha value is -5.50. The molecule has 0 bridgehead atoms. The molecule has 2 aromatic carbocycles. The maximum atomic E-state index is 15.4. The quantitative estimate of drug-likeness (QED) is 0.144. The van der Waals surface area contributed by atoms with Crippen LogP contribution in [0.15, 0.2) is 54.7 Å². The topological polar surface area (TPSA) is 142 Å². The third-order valence-corrected chi connectivity index (χ3v) is 10.9. The van der Waals surface area contributed by atoms with Gasteiger partial charge in [0, 0.05) is 49.0 Å². The highest BCUT2D eigenvalue weighted by Gasteiger charge is 2.68. The van der Waals surface area contributed by atoms with Crippen molar-refractivity contribution in [1.29, 1.82) is 0 Å². The molecule has 3 atom stereocenters. The molecule has 2 aliphatic carbocycles. The lowest BCUT2D eigenvalue weighted by Gasteiger charge is -2.23. The lowest BCUT2D eigenvalue weighted by molar-refractivity contribution is -0.142. The molecule has 4 heterocycles. The second-order valence-electron chi connectivity index (χ2n) is 14.1. The Labute approximate surface area is 323 Å². The van der Waals surface area contributed by atoms with Crippen molar-refractivity contribution in [3.63, 3.8) is 0 Å². The van der Waals surface area contributed by atoms with E-state index in [-0.39, 0.29) is 45.9 Å². The molecule has 2 aliphatic rings. The average Bonchev–Trinajstić information content (AvgIpc) is 3.32. The van der Waals surface area contributed by atoms with Crippen LogP contribution < -0.4 is 10.0 Å². The highest BCUT2D eigenvalue weighted by molar-refractivity contribution is 7.92. The van der Waals surface area contributed by atoms with Crippen molar-refractivity contribution in [2.45, 2.75) is 43.4 Å². The summed E-state index contributed by atoms with van der Waals surface area (Å²) in [5.74, 6) is -9.10. The van der Waals surface area contributed by atoms with Crippen LogP contribution in [0.4, 0.5) is 36.6 Å². The number of hydrogen-bond acceptors (Lipinski definition) is 7. The summed E-state index contributed by atoms with van der Waals surface area (Å²) < 4.78 is 132. The fourth-order valence-electron chi connectivity index (χ4n) is 7.73. The van der Waals surface area contributed by atoms with E-state index in [9.17, 15) is 35.2 Å². The normalized spacial score (nSPS) is 17.7. The molecule has 298 valence electrons. The first-order valence-corrected chi connectivity index (χ1v) is 19.4. The molecule has 0 radical (unpaired) electrons. The van der Waals surface area contributed by atoms with Crippen molar-refractivity contribution in [2.75, 3.05) is 11.0 Å². The molecule has 0 aliphatic heterocycles. The zero-order valence-corrected chi connectivity index (χ0v) is 31.4. The Morgan fingerprint density at radius 1 is 1.02 bits per heavy atom. The maximum absolute atomic E-state index is 15.4. The number of alkyl halides is 5. The molecule has 21 heteroatoms. The Kier molecular flexibility index (Phi) is 8.95. The number of benzene rings is 2. The van der Waals surface area contributed by atoms with Gasteiger partial charge in [-0.15, -0.1) is 0 Å². The number of amides is 1.